The van der Waals surface area contributed by atoms with E-state index >= 15 is 0 Å². The van der Waals surface area contributed by atoms with Crippen molar-refractivity contribution in [3.05, 3.63) is 23.3 Å². The summed E-state index contributed by atoms with van der Waals surface area (Å²) in [6.07, 6.45) is 0.974. The summed E-state index contributed by atoms with van der Waals surface area (Å²) in [6, 6.07) is 3.85. The molecule has 112 valence electrons. The molecule has 20 heavy (non-hydrogen) atoms. The van der Waals surface area contributed by atoms with Gasteiger partial charge in [0.2, 0.25) is 0 Å². The van der Waals surface area contributed by atoms with Crippen LogP contribution in [0.3, 0.4) is 0 Å². The van der Waals surface area contributed by atoms with Crippen LogP contribution in [-0.4, -0.2) is 39.3 Å². The number of methoxy groups -OCH3 is 2. The molecule has 2 unspecified atom stereocenters. The number of alkyl halides is 1. The Morgan fingerprint density at radius 3 is 2.50 bits per heavy atom. The van der Waals surface area contributed by atoms with Gasteiger partial charge in [-0.2, -0.15) is 0 Å². The first-order valence-corrected chi connectivity index (χ1v) is 6.85. The predicted molar refractivity (Wildman–Crippen MR) is 76.9 cm³/mol. The lowest BCUT2D eigenvalue weighted by Gasteiger charge is -2.23. The number of likely N-dealkylation sites (tertiary alicyclic amines) is 1. The third kappa shape index (κ3) is 2.74. The molecule has 1 aliphatic heterocycles. The second kappa shape index (κ2) is 6.41. The maximum atomic E-state index is 13.2. The van der Waals surface area contributed by atoms with Gasteiger partial charge in [0.25, 0.3) is 0 Å². The molecule has 0 aliphatic carbocycles. The summed E-state index contributed by atoms with van der Waals surface area (Å²) in [6.45, 7) is 1.09. The second-order valence-electron chi connectivity index (χ2n) is 5.33. The van der Waals surface area contributed by atoms with Crippen LogP contribution >= 0.6 is 0 Å². The molecule has 0 saturated carbocycles. The van der Waals surface area contributed by atoms with Gasteiger partial charge in [-0.25, -0.2) is 4.39 Å². The Bertz CT molecular complexity index is 467. The van der Waals surface area contributed by atoms with E-state index in [1.807, 2.05) is 6.07 Å². The minimum absolute atomic E-state index is 0.217. The highest BCUT2D eigenvalue weighted by molar-refractivity contribution is 5.48. The minimum atomic E-state index is -0.545. The van der Waals surface area contributed by atoms with Gasteiger partial charge in [0, 0.05) is 29.8 Å². The molecule has 0 bridgehead atoms. The second-order valence-corrected chi connectivity index (χ2v) is 5.33. The van der Waals surface area contributed by atoms with E-state index in [9.17, 15) is 4.39 Å². The third-order valence-electron chi connectivity index (χ3n) is 4.10. The van der Waals surface area contributed by atoms with Crippen LogP contribution in [0.1, 0.15) is 23.6 Å². The van der Waals surface area contributed by atoms with Crippen LogP contribution in [0, 0.1) is 5.92 Å². The lowest BCUT2D eigenvalue weighted by atomic mass is 9.97. The van der Waals surface area contributed by atoms with Gasteiger partial charge < -0.3 is 15.2 Å². The molecule has 1 aromatic rings. The molecule has 0 radical (unpaired) electrons. The van der Waals surface area contributed by atoms with Crippen molar-refractivity contribution in [1.29, 1.82) is 0 Å². The van der Waals surface area contributed by atoms with Crippen molar-refractivity contribution in [3.63, 3.8) is 0 Å². The predicted octanol–water partition coefficient (Wildman–Crippen LogP) is 2.12. The maximum Gasteiger partial charge on any atom is 0.128 e. The lowest BCUT2D eigenvalue weighted by molar-refractivity contribution is 0.301. The Kier molecular flexibility index (Phi) is 4.83. The number of nitrogens with two attached hydrogens (primary N) is 1. The molecule has 0 amide bonds. The van der Waals surface area contributed by atoms with Crippen molar-refractivity contribution in [2.24, 2.45) is 11.7 Å². The SMILES string of the molecule is COc1cc(OC)c(C2CC(CN)CN2C)cc1CF. The number of hydrogen-bond donors (Lipinski definition) is 1. The normalized spacial score (nSPS) is 23.1. The van der Waals surface area contributed by atoms with E-state index in [0.717, 1.165) is 24.3 Å². The monoisotopic (exact) mass is 282 g/mol. The van der Waals surface area contributed by atoms with Gasteiger partial charge in [-0.05, 0) is 32.0 Å². The van der Waals surface area contributed by atoms with Crippen molar-refractivity contribution < 1.29 is 13.9 Å². The molecule has 1 aliphatic rings. The zero-order valence-corrected chi connectivity index (χ0v) is 12.4. The molecule has 1 heterocycles. The first-order chi connectivity index (χ1) is 9.64. The van der Waals surface area contributed by atoms with Crippen LogP contribution < -0.4 is 15.2 Å². The van der Waals surface area contributed by atoms with Crippen molar-refractivity contribution in [1.82, 2.24) is 4.90 Å². The van der Waals surface area contributed by atoms with Crippen molar-refractivity contribution in [2.75, 3.05) is 34.4 Å². The molecule has 0 spiro atoms. The molecular weight excluding hydrogens is 259 g/mol. The Balaban J connectivity index is 2.39. The van der Waals surface area contributed by atoms with Gasteiger partial charge in [0.1, 0.15) is 18.2 Å². The Morgan fingerprint density at radius 1 is 1.30 bits per heavy atom. The smallest absolute Gasteiger partial charge is 0.128 e. The van der Waals surface area contributed by atoms with Gasteiger partial charge in [0.05, 0.1) is 14.2 Å². The molecule has 0 aromatic heterocycles. The summed E-state index contributed by atoms with van der Waals surface area (Å²) >= 11 is 0. The first-order valence-electron chi connectivity index (χ1n) is 6.85. The van der Waals surface area contributed by atoms with Gasteiger partial charge in [-0.15, -0.1) is 0 Å². The van der Waals surface area contributed by atoms with E-state index in [-0.39, 0.29) is 6.04 Å². The van der Waals surface area contributed by atoms with E-state index in [2.05, 4.69) is 11.9 Å². The Hall–Kier alpha value is -1.33. The minimum Gasteiger partial charge on any atom is -0.496 e. The lowest BCUT2D eigenvalue weighted by Crippen LogP contribution is -2.21. The number of nitrogens with zero attached hydrogens (tertiary/aromatic N) is 1. The van der Waals surface area contributed by atoms with E-state index in [1.165, 1.54) is 0 Å². The fraction of sp³-hybridized carbons (Fsp3) is 0.600. The Labute approximate surface area is 119 Å². The molecule has 1 saturated heterocycles. The van der Waals surface area contributed by atoms with Crippen LogP contribution in [0.2, 0.25) is 0 Å². The topological polar surface area (TPSA) is 47.7 Å². The van der Waals surface area contributed by atoms with Gasteiger partial charge in [-0.3, -0.25) is 4.90 Å². The zero-order chi connectivity index (χ0) is 14.7. The highest BCUT2D eigenvalue weighted by Crippen LogP contribution is 2.41. The molecule has 1 fully saturated rings. The molecular formula is C15H23FN2O2. The quantitative estimate of drug-likeness (QED) is 0.898. The average molecular weight is 282 g/mol. The zero-order valence-electron chi connectivity index (χ0n) is 12.4. The van der Waals surface area contributed by atoms with Crippen LogP contribution in [0.5, 0.6) is 11.5 Å². The van der Waals surface area contributed by atoms with Crippen molar-refractivity contribution in [3.8, 4) is 11.5 Å². The standard InChI is InChI=1S/C15H23FN2O2/c1-18-9-10(8-17)4-13(18)12-5-11(7-16)14(19-2)6-15(12)20-3/h5-6,10,13H,4,7-9,17H2,1-3H3. The summed E-state index contributed by atoms with van der Waals surface area (Å²) in [5.41, 5.74) is 7.35. The van der Waals surface area contributed by atoms with Gasteiger partial charge in [-0.1, -0.05) is 0 Å². The highest BCUT2D eigenvalue weighted by atomic mass is 19.1. The van der Waals surface area contributed by atoms with Crippen LogP contribution in [-0.2, 0) is 6.67 Å². The third-order valence-corrected chi connectivity index (χ3v) is 4.10. The summed E-state index contributed by atoms with van der Waals surface area (Å²) in [4.78, 5) is 2.25. The molecule has 2 atom stereocenters. The fourth-order valence-electron chi connectivity index (χ4n) is 3.00. The molecule has 2 N–H and O–H groups in total. The first kappa shape index (κ1) is 15.1. The van der Waals surface area contributed by atoms with E-state index in [1.54, 1.807) is 20.3 Å². The largest absolute Gasteiger partial charge is 0.496 e. The summed E-state index contributed by atoms with van der Waals surface area (Å²) in [7, 11) is 5.24. The molecule has 1 aromatic carbocycles. The van der Waals surface area contributed by atoms with E-state index in [0.29, 0.717) is 23.8 Å². The van der Waals surface area contributed by atoms with E-state index < -0.39 is 6.67 Å². The van der Waals surface area contributed by atoms with Gasteiger partial charge >= 0.3 is 0 Å². The van der Waals surface area contributed by atoms with Crippen molar-refractivity contribution >= 4 is 0 Å². The van der Waals surface area contributed by atoms with Crippen molar-refractivity contribution in [2.45, 2.75) is 19.1 Å². The Morgan fingerprint density at radius 2 is 2.00 bits per heavy atom. The van der Waals surface area contributed by atoms with Gasteiger partial charge in [0.15, 0.2) is 0 Å². The number of halogens is 1. The number of benzene rings is 1. The van der Waals surface area contributed by atoms with Crippen LogP contribution in [0.15, 0.2) is 12.1 Å². The molecule has 4 nitrogen and oxygen atoms in total. The van der Waals surface area contributed by atoms with Crippen LogP contribution in [0.4, 0.5) is 4.39 Å². The average Bonchev–Trinajstić information content (AvgIpc) is 2.86. The molecule has 2 rings (SSSR count). The number of hydrogen-bond acceptors (Lipinski definition) is 4. The number of ether oxygens (including phenoxy) is 2. The maximum absolute atomic E-state index is 13.2. The molecule has 5 heteroatoms. The summed E-state index contributed by atoms with van der Waals surface area (Å²) in [5.74, 6) is 1.75. The summed E-state index contributed by atoms with van der Waals surface area (Å²) < 4.78 is 23.8. The van der Waals surface area contributed by atoms with E-state index in [4.69, 9.17) is 15.2 Å². The highest BCUT2D eigenvalue weighted by Gasteiger charge is 2.32. The fourth-order valence-corrected chi connectivity index (χ4v) is 3.00. The van der Waals surface area contributed by atoms with Crippen LogP contribution in [0.25, 0.3) is 0 Å². The summed E-state index contributed by atoms with van der Waals surface area (Å²) in [5, 5.41) is 0. The number of rotatable bonds is 5.